The van der Waals surface area contributed by atoms with Crippen molar-refractivity contribution in [1.29, 1.82) is 0 Å². The van der Waals surface area contributed by atoms with Crippen LogP contribution in [-0.4, -0.2) is 18.8 Å². The Balaban J connectivity index is 1.44. The molecule has 0 aliphatic rings. The molecule has 4 aromatic heterocycles. The largest absolute Gasteiger partial charge is 0.268 e. The van der Waals surface area contributed by atoms with Crippen LogP contribution in [0.25, 0.3) is 98.0 Å². The lowest BCUT2D eigenvalue weighted by Crippen LogP contribution is -2.14. The van der Waals surface area contributed by atoms with E-state index in [1.165, 1.54) is 20.9 Å². The molecule has 8 heteroatoms. The molecule has 7 aromatic carbocycles. The van der Waals surface area contributed by atoms with E-state index in [1.54, 1.807) is 12.1 Å². The van der Waals surface area contributed by atoms with Crippen molar-refractivity contribution in [2.75, 3.05) is 0 Å². The molecule has 0 saturated heterocycles. The first kappa shape index (κ1) is 22.6. The lowest BCUT2D eigenvalue weighted by atomic mass is 9.85. The minimum Gasteiger partial charge on any atom is -0.268 e. The molecule has 4 heterocycles. The molecule has 0 atom stereocenters. The summed E-state index contributed by atoms with van der Waals surface area (Å²) in [6, 6.07) is 24.5. The Kier molecular flexibility index (Phi) is 3.65. The highest BCUT2D eigenvalue weighted by molar-refractivity contribution is 6.41. The molecule has 6 nitrogen and oxygen atoms in total. The van der Waals surface area contributed by atoms with E-state index in [0.717, 1.165) is 0 Å². The third-order valence-electron chi connectivity index (χ3n) is 9.48. The summed E-state index contributed by atoms with van der Waals surface area (Å²) < 4.78 is 35.9. The van der Waals surface area contributed by atoms with Gasteiger partial charge >= 0.3 is 0 Å². The second-order valence-electron chi connectivity index (χ2n) is 11.5. The lowest BCUT2D eigenvalue weighted by Gasteiger charge is -2.19. The zero-order chi connectivity index (χ0) is 29.2. The second-order valence-corrected chi connectivity index (χ2v) is 11.5. The van der Waals surface area contributed by atoms with Gasteiger partial charge in [-0.15, -0.1) is 0 Å². The van der Waals surface area contributed by atoms with Crippen LogP contribution in [0.2, 0.25) is 0 Å². The van der Waals surface area contributed by atoms with Gasteiger partial charge in [0.2, 0.25) is 0 Å². The van der Waals surface area contributed by atoms with Crippen LogP contribution in [0.5, 0.6) is 0 Å². The summed E-state index contributed by atoms with van der Waals surface area (Å²) in [5.41, 5.74) is 2.74. The maximum absolute atomic E-state index is 16.4. The molecule has 0 unspecified atom stereocenters. The zero-order valence-electron chi connectivity index (χ0n) is 22.4. The Hall–Kier alpha value is -6.02. The number of benzene rings is 7. The molecule has 0 aliphatic carbocycles. The monoisotopic (exact) mass is 572 g/mol. The third-order valence-corrected chi connectivity index (χ3v) is 9.48. The van der Waals surface area contributed by atoms with Crippen molar-refractivity contribution in [2.45, 2.75) is 0 Å². The van der Waals surface area contributed by atoms with Crippen LogP contribution in [0.4, 0.5) is 8.78 Å². The van der Waals surface area contributed by atoms with Gasteiger partial charge in [0.05, 0.1) is 32.8 Å². The molecule has 44 heavy (non-hydrogen) atoms. The van der Waals surface area contributed by atoms with Crippen molar-refractivity contribution in [2.24, 2.45) is 0 Å². The second kappa shape index (κ2) is 7.12. The van der Waals surface area contributed by atoms with Crippen LogP contribution in [-0.2, 0) is 0 Å². The normalized spacial score (nSPS) is 13.0. The van der Waals surface area contributed by atoms with Gasteiger partial charge in [0.25, 0.3) is 11.1 Å². The van der Waals surface area contributed by atoms with Crippen molar-refractivity contribution in [3.8, 4) is 0 Å². The summed E-state index contributed by atoms with van der Waals surface area (Å²) in [7, 11) is 0. The standard InChI is InChI=1S/C36H14F2N4O2/c37-21-13-19-27-17(33-39-23-5-1-3-7-25(23)41(33)35(19)43)11-9-15-30-22(38)14-20-28-18(12-10-16(32(28)30)29(21)31(15)27)34-40-24-6-2-4-8-26(24)42(34)36(20)44/h1-14H. The Labute approximate surface area is 242 Å². The summed E-state index contributed by atoms with van der Waals surface area (Å²) >= 11 is 0. The van der Waals surface area contributed by atoms with E-state index in [9.17, 15) is 9.59 Å². The van der Waals surface area contributed by atoms with E-state index in [2.05, 4.69) is 0 Å². The van der Waals surface area contributed by atoms with Crippen LogP contribution >= 0.6 is 0 Å². The molecule has 11 aromatic rings. The Morgan fingerprint density at radius 2 is 0.864 bits per heavy atom. The first-order valence-corrected chi connectivity index (χ1v) is 14.2. The predicted molar refractivity (Wildman–Crippen MR) is 170 cm³/mol. The fourth-order valence-electron chi connectivity index (χ4n) is 7.78. The average Bonchev–Trinajstić information content (AvgIpc) is 3.62. The Morgan fingerprint density at radius 3 is 1.32 bits per heavy atom. The van der Waals surface area contributed by atoms with Crippen LogP contribution in [0, 0.1) is 11.6 Å². The number of hydrogen-bond acceptors (Lipinski definition) is 4. The van der Waals surface area contributed by atoms with Gasteiger partial charge < -0.3 is 0 Å². The molecule has 0 radical (unpaired) electrons. The van der Waals surface area contributed by atoms with Gasteiger partial charge in [0.15, 0.2) is 0 Å². The summed E-state index contributed by atoms with van der Waals surface area (Å²) in [6.07, 6.45) is 0. The number of hydrogen-bond donors (Lipinski definition) is 0. The van der Waals surface area contributed by atoms with E-state index in [1.807, 2.05) is 60.7 Å². The summed E-state index contributed by atoms with van der Waals surface area (Å²) in [5.74, 6) is -1.18. The van der Waals surface area contributed by atoms with Crippen LogP contribution in [0.3, 0.4) is 0 Å². The topological polar surface area (TPSA) is 68.7 Å². The van der Waals surface area contributed by atoms with Crippen LogP contribution in [0.15, 0.2) is 94.5 Å². The van der Waals surface area contributed by atoms with E-state index in [0.29, 0.717) is 76.5 Å². The fourth-order valence-corrected chi connectivity index (χ4v) is 7.78. The van der Waals surface area contributed by atoms with Gasteiger partial charge in [-0.25, -0.2) is 18.7 Å². The van der Waals surface area contributed by atoms with Gasteiger partial charge in [-0.3, -0.25) is 18.4 Å². The molecule has 11 rings (SSSR count). The van der Waals surface area contributed by atoms with Crippen molar-refractivity contribution >= 4 is 98.0 Å². The van der Waals surface area contributed by atoms with Gasteiger partial charge in [0, 0.05) is 43.1 Å². The molecule has 0 bridgehead atoms. The summed E-state index contributed by atoms with van der Waals surface area (Å²) in [5, 5.41) is 5.27. The highest BCUT2D eigenvalue weighted by Crippen LogP contribution is 2.47. The highest BCUT2D eigenvalue weighted by Gasteiger charge is 2.27. The molecule has 0 fully saturated rings. The fraction of sp³-hybridized carbons (Fsp3) is 0. The third kappa shape index (κ3) is 2.31. The molecule has 0 spiro atoms. The average molecular weight is 573 g/mol. The highest BCUT2D eigenvalue weighted by atomic mass is 19.1. The van der Waals surface area contributed by atoms with Gasteiger partial charge in [-0.2, -0.15) is 0 Å². The maximum atomic E-state index is 16.4. The molecular weight excluding hydrogens is 558 g/mol. The van der Waals surface area contributed by atoms with Crippen molar-refractivity contribution in [3.63, 3.8) is 0 Å². The predicted octanol–water partition coefficient (Wildman–Crippen LogP) is 7.52. The van der Waals surface area contributed by atoms with Crippen LogP contribution < -0.4 is 11.1 Å². The number of halogens is 2. The quantitative estimate of drug-likeness (QED) is 0.139. The molecule has 0 amide bonds. The molecule has 0 N–H and O–H groups in total. The minimum absolute atomic E-state index is 0.201. The van der Waals surface area contributed by atoms with Crippen molar-refractivity contribution in [3.05, 3.63) is 117 Å². The van der Waals surface area contributed by atoms with E-state index >= 15 is 8.78 Å². The number of rotatable bonds is 0. The Morgan fingerprint density at radius 1 is 0.455 bits per heavy atom. The number of nitrogens with zero attached hydrogens (tertiary/aromatic N) is 4. The van der Waals surface area contributed by atoms with Crippen molar-refractivity contribution < 1.29 is 8.78 Å². The Bertz CT molecular complexity index is 3020. The summed E-state index contributed by atoms with van der Waals surface area (Å²) in [6.45, 7) is 0. The number of para-hydroxylation sites is 4. The number of fused-ring (bicyclic) bond motifs is 10. The molecular formula is C36H14F2N4O2. The van der Waals surface area contributed by atoms with E-state index in [-0.39, 0.29) is 32.7 Å². The minimum atomic E-state index is -0.590. The first-order valence-electron chi connectivity index (χ1n) is 14.2. The zero-order valence-corrected chi connectivity index (χ0v) is 22.4. The smallest absolute Gasteiger partial charge is 0.264 e. The van der Waals surface area contributed by atoms with Gasteiger partial charge in [0.1, 0.15) is 22.9 Å². The number of aromatic nitrogens is 4. The first-order chi connectivity index (χ1) is 21.5. The number of pyridine rings is 2. The van der Waals surface area contributed by atoms with Crippen LogP contribution in [0.1, 0.15) is 0 Å². The molecule has 0 saturated carbocycles. The molecule has 0 aliphatic heterocycles. The number of imidazole rings is 2. The maximum Gasteiger partial charge on any atom is 0.264 e. The SMILES string of the molecule is O=c1c2cc(F)c3c4ccc5c6c(cc(F)c(c7ccc(c2c73)c2nc3ccccc3n12)c46)c(=O)n1c2ccccc2nc51. The van der Waals surface area contributed by atoms with Gasteiger partial charge in [-0.1, -0.05) is 36.4 Å². The van der Waals surface area contributed by atoms with E-state index < -0.39 is 11.6 Å². The van der Waals surface area contributed by atoms with E-state index in [4.69, 9.17) is 9.97 Å². The van der Waals surface area contributed by atoms with Crippen molar-refractivity contribution in [1.82, 2.24) is 18.8 Å². The molecule has 204 valence electrons. The summed E-state index contributed by atoms with van der Waals surface area (Å²) in [4.78, 5) is 37.4. The van der Waals surface area contributed by atoms with Gasteiger partial charge in [-0.05, 0) is 59.3 Å². The lowest BCUT2D eigenvalue weighted by molar-refractivity contribution is 0.640.